The summed E-state index contributed by atoms with van der Waals surface area (Å²) in [7, 11) is 3.32. The molecule has 1 heterocycles. The molecule has 0 radical (unpaired) electrons. The maximum absolute atomic E-state index is 6.22. The van der Waals surface area contributed by atoms with Crippen LogP contribution in [0.3, 0.4) is 0 Å². The number of rotatable bonds is 9. The van der Waals surface area contributed by atoms with E-state index in [4.69, 9.17) is 25.8 Å². The van der Waals surface area contributed by atoms with E-state index in [0.29, 0.717) is 18.2 Å². The van der Waals surface area contributed by atoms with Gasteiger partial charge in [0.1, 0.15) is 23.9 Å². The first-order valence-corrected chi connectivity index (χ1v) is 9.74. The summed E-state index contributed by atoms with van der Waals surface area (Å²) in [6, 6.07) is 15.3. The molecule has 3 aromatic rings. The fraction of sp³-hybridized carbons (Fsp3) is 0.261. The molecule has 0 saturated carbocycles. The van der Waals surface area contributed by atoms with Gasteiger partial charge in [-0.2, -0.15) is 0 Å². The highest BCUT2D eigenvalue weighted by atomic mass is 35.5. The van der Waals surface area contributed by atoms with Gasteiger partial charge in [-0.3, -0.25) is 4.98 Å². The predicted molar refractivity (Wildman–Crippen MR) is 115 cm³/mol. The minimum absolute atomic E-state index is 0.0326. The zero-order chi connectivity index (χ0) is 20.6. The molecule has 0 bridgehead atoms. The Morgan fingerprint density at radius 2 is 1.86 bits per heavy atom. The van der Waals surface area contributed by atoms with Crippen LogP contribution in [0.5, 0.6) is 17.2 Å². The fourth-order valence-electron chi connectivity index (χ4n) is 3.02. The van der Waals surface area contributed by atoms with Gasteiger partial charge in [-0.1, -0.05) is 17.7 Å². The molecule has 2 aromatic carbocycles. The van der Waals surface area contributed by atoms with Gasteiger partial charge >= 0.3 is 0 Å². The van der Waals surface area contributed by atoms with E-state index >= 15 is 0 Å². The SMILES string of the molecule is COc1ccc(OC)c(C(C)NCc2cc(Cl)ccc2OCc2cccnc2)c1. The Bertz CT molecular complexity index is 935. The standard InChI is InChI=1S/C23H25ClN2O3/c1-16(21-12-20(27-2)7-9-23(21)28-3)26-14-18-11-19(24)6-8-22(18)29-15-17-5-4-10-25-13-17/h4-13,16,26H,14-15H2,1-3H3. The summed E-state index contributed by atoms with van der Waals surface area (Å²) in [6.45, 7) is 3.12. The van der Waals surface area contributed by atoms with Crippen LogP contribution in [0.25, 0.3) is 0 Å². The largest absolute Gasteiger partial charge is 0.497 e. The van der Waals surface area contributed by atoms with Gasteiger partial charge in [0.05, 0.1) is 14.2 Å². The predicted octanol–water partition coefficient (Wildman–Crippen LogP) is 5.18. The highest BCUT2D eigenvalue weighted by Gasteiger charge is 2.14. The van der Waals surface area contributed by atoms with E-state index in [0.717, 1.165) is 33.9 Å². The molecule has 152 valence electrons. The average molecular weight is 413 g/mol. The molecule has 1 aromatic heterocycles. The fourth-order valence-corrected chi connectivity index (χ4v) is 3.22. The van der Waals surface area contributed by atoms with Crippen LogP contribution in [-0.2, 0) is 13.2 Å². The lowest BCUT2D eigenvalue weighted by molar-refractivity contribution is 0.301. The molecular formula is C23H25ClN2O3. The molecule has 5 nitrogen and oxygen atoms in total. The number of halogens is 1. The summed E-state index contributed by atoms with van der Waals surface area (Å²) in [4.78, 5) is 4.12. The Balaban J connectivity index is 1.72. The van der Waals surface area contributed by atoms with Gasteiger partial charge in [-0.05, 0) is 49.4 Å². The van der Waals surface area contributed by atoms with Crippen LogP contribution < -0.4 is 19.5 Å². The Morgan fingerprint density at radius 3 is 2.59 bits per heavy atom. The third-order valence-electron chi connectivity index (χ3n) is 4.64. The summed E-state index contributed by atoms with van der Waals surface area (Å²) in [6.07, 6.45) is 3.54. The van der Waals surface area contributed by atoms with Crippen molar-refractivity contribution >= 4 is 11.6 Å². The molecule has 1 N–H and O–H groups in total. The first-order chi connectivity index (χ1) is 14.1. The van der Waals surface area contributed by atoms with Crippen molar-refractivity contribution in [2.45, 2.75) is 26.1 Å². The van der Waals surface area contributed by atoms with Gasteiger partial charge in [0.25, 0.3) is 0 Å². The molecule has 1 atom stereocenters. The molecule has 0 aliphatic rings. The average Bonchev–Trinajstić information content (AvgIpc) is 2.77. The van der Waals surface area contributed by atoms with Crippen molar-refractivity contribution in [3.05, 3.63) is 82.6 Å². The summed E-state index contributed by atoms with van der Waals surface area (Å²) < 4.78 is 16.9. The summed E-state index contributed by atoms with van der Waals surface area (Å²) in [5.41, 5.74) is 3.01. The van der Waals surface area contributed by atoms with E-state index < -0.39 is 0 Å². The highest BCUT2D eigenvalue weighted by molar-refractivity contribution is 6.30. The van der Waals surface area contributed by atoms with Gasteiger partial charge in [0.15, 0.2) is 0 Å². The van der Waals surface area contributed by atoms with Crippen LogP contribution in [0, 0.1) is 0 Å². The van der Waals surface area contributed by atoms with Crippen molar-refractivity contribution in [3.8, 4) is 17.2 Å². The van der Waals surface area contributed by atoms with Gasteiger partial charge in [-0.25, -0.2) is 0 Å². The zero-order valence-electron chi connectivity index (χ0n) is 16.8. The minimum atomic E-state index is 0.0326. The molecule has 0 spiro atoms. The molecular weight excluding hydrogens is 388 g/mol. The molecule has 6 heteroatoms. The smallest absolute Gasteiger partial charge is 0.124 e. The highest BCUT2D eigenvalue weighted by Crippen LogP contribution is 2.30. The third kappa shape index (κ3) is 5.62. The Hall–Kier alpha value is -2.76. The third-order valence-corrected chi connectivity index (χ3v) is 4.88. The van der Waals surface area contributed by atoms with Crippen LogP contribution in [0.1, 0.15) is 29.7 Å². The summed E-state index contributed by atoms with van der Waals surface area (Å²) >= 11 is 6.22. The molecule has 29 heavy (non-hydrogen) atoms. The van der Waals surface area contributed by atoms with E-state index in [9.17, 15) is 0 Å². The first-order valence-electron chi connectivity index (χ1n) is 9.36. The Labute approximate surface area is 176 Å². The van der Waals surface area contributed by atoms with Gasteiger partial charge in [0.2, 0.25) is 0 Å². The molecule has 3 rings (SSSR count). The second-order valence-electron chi connectivity index (χ2n) is 6.61. The second kappa shape index (κ2) is 10.1. The van der Waals surface area contributed by atoms with Crippen molar-refractivity contribution in [2.75, 3.05) is 14.2 Å². The summed E-state index contributed by atoms with van der Waals surface area (Å²) in [5.74, 6) is 2.39. The van der Waals surface area contributed by atoms with Crippen LogP contribution in [0.15, 0.2) is 60.9 Å². The van der Waals surface area contributed by atoms with Crippen molar-refractivity contribution in [1.82, 2.24) is 10.3 Å². The monoisotopic (exact) mass is 412 g/mol. The van der Waals surface area contributed by atoms with Crippen LogP contribution in [-0.4, -0.2) is 19.2 Å². The first kappa shape index (κ1) is 21.0. The quantitative estimate of drug-likeness (QED) is 0.524. The molecule has 1 unspecified atom stereocenters. The van der Waals surface area contributed by atoms with Gasteiger partial charge < -0.3 is 19.5 Å². The number of hydrogen-bond donors (Lipinski definition) is 1. The Morgan fingerprint density at radius 1 is 1.03 bits per heavy atom. The lowest BCUT2D eigenvalue weighted by Crippen LogP contribution is -2.19. The number of ether oxygens (including phenoxy) is 3. The van der Waals surface area contributed by atoms with Crippen molar-refractivity contribution in [1.29, 1.82) is 0 Å². The topological polar surface area (TPSA) is 52.6 Å². The number of hydrogen-bond acceptors (Lipinski definition) is 5. The van der Waals surface area contributed by atoms with Crippen LogP contribution in [0.4, 0.5) is 0 Å². The van der Waals surface area contributed by atoms with Crippen molar-refractivity contribution in [3.63, 3.8) is 0 Å². The second-order valence-corrected chi connectivity index (χ2v) is 7.05. The maximum atomic E-state index is 6.22. The molecule has 0 amide bonds. The summed E-state index contributed by atoms with van der Waals surface area (Å²) in [5, 5.41) is 4.19. The molecule has 0 saturated heterocycles. The zero-order valence-corrected chi connectivity index (χ0v) is 17.6. The molecule has 0 aliphatic carbocycles. The van der Waals surface area contributed by atoms with E-state index in [-0.39, 0.29) is 6.04 Å². The van der Waals surface area contributed by atoms with Gasteiger partial charge in [-0.15, -0.1) is 0 Å². The lowest BCUT2D eigenvalue weighted by Gasteiger charge is -2.19. The molecule has 0 aliphatic heterocycles. The van der Waals surface area contributed by atoms with E-state index in [1.54, 1.807) is 26.6 Å². The molecule has 0 fully saturated rings. The normalized spacial score (nSPS) is 11.7. The number of methoxy groups -OCH3 is 2. The Kier molecular flexibility index (Phi) is 7.33. The minimum Gasteiger partial charge on any atom is -0.497 e. The number of pyridine rings is 1. The number of nitrogens with zero attached hydrogens (tertiary/aromatic N) is 1. The van der Waals surface area contributed by atoms with E-state index in [2.05, 4.69) is 17.2 Å². The number of benzene rings is 2. The van der Waals surface area contributed by atoms with Gasteiger partial charge in [0, 0.05) is 46.7 Å². The van der Waals surface area contributed by atoms with Crippen LogP contribution in [0.2, 0.25) is 5.02 Å². The van der Waals surface area contributed by atoms with E-state index in [1.165, 1.54) is 0 Å². The maximum Gasteiger partial charge on any atom is 0.124 e. The van der Waals surface area contributed by atoms with Crippen molar-refractivity contribution < 1.29 is 14.2 Å². The van der Waals surface area contributed by atoms with Crippen molar-refractivity contribution in [2.24, 2.45) is 0 Å². The van der Waals surface area contributed by atoms with Crippen LogP contribution >= 0.6 is 11.6 Å². The number of nitrogens with one attached hydrogen (secondary N) is 1. The number of aromatic nitrogens is 1. The van der Waals surface area contributed by atoms with E-state index in [1.807, 2.05) is 48.5 Å². The lowest BCUT2D eigenvalue weighted by atomic mass is 10.1.